The van der Waals surface area contributed by atoms with Gasteiger partial charge >= 0.3 is 0 Å². The van der Waals surface area contributed by atoms with Crippen LogP contribution >= 0.6 is 0 Å². The summed E-state index contributed by atoms with van der Waals surface area (Å²) in [5.74, 6) is 1.42. The Balaban J connectivity index is 2.39. The van der Waals surface area contributed by atoms with Crippen molar-refractivity contribution in [3.63, 3.8) is 0 Å². The van der Waals surface area contributed by atoms with Gasteiger partial charge in [0.15, 0.2) is 0 Å². The summed E-state index contributed by atoms with van der Waals surface area (Å²) in [7, 11) is 0. The first-order chi connectivity index (χ1) is 5.24. The summed E-state index contributed by atoms with van der Waals surface area (Å²) in [6.07, 6.45) is 4.99. The van der Waals surface area contributed by atoms with Crippen molar-refractivity contribution in [1.29, 1.82) is 0 Å². The standard InChI is InChI=1S/C9H17NO/c1-7-3-5-9(6-4-7)8(2)10-11/h7,9,11H,3-6H2,1-2H3/b10-8+. The molecule has 1 fully saturated rings. The van der Waals surface area contributed by atoms with Crippen molar-refractivity contribution in [2.24, 2.45) is 17.0 Å². The van der Waals surface area contributed by atoms with Crippen molar-refractivity contribution in [1.82, 2.24) is 0 Å². The van der Waals surface area contributed by atoms with Gasteiger partial charge in [-0.2, -0.15) is 0 Å². The minimum atomic E-state index is 0.552. The third kappa shape index (κ3) is 2.21. The number of hydrogen-bond donors (Lipinski definition) is 1. The van der Waals surface area contributed by atoms with E-state index in [9.17, 15) is 0 Å². The van der Waals surface area contributed by atoms with Crippen molar-refractivity contribution in [2.75, 3.05) is 0 Å². The third-order valence-electron chi connectivity index (χ3n) is 2.76. The molecule has 2 nitrogen and oxygen atoms in total. The zero-order valence-electron chi connectivity index (χ0n) is 7.38. The van der Waals surface area contributed by atoms with Crippen LogP contribution in [0.15, 0.2) is 5.16 Å². The maximum atomic E-state index is 8.54. The van der Waals surface area contributed by atoms with Gasteiger partial charge in [0, 0.05) is 5.92 Å². The highest BCUT2D eigenvalue weighted by Gasteiger charge is 2.20. The van der Waals surface area contributed by atoms with Crippen molar-refractivity contribution in [2.45, 2.75) is 39.5 Å². The van der Waals surface area contributed by atoms with Crippen LogP contribution < -0.4 is 0 Å². The quantitative estimate of drug-likeness (QED) is 0.352. The molecule has 1 aliphatic rings. The Hall–Kier alpha value is -0.530. The molecule has 0 heterocycles. The summed E-state index contributed by atoms with van der Waals surface area (Å²) < 4.78 is 0. The van der Waals surface area contributed by atoms with Gasteiger partial charge in [-0.15, -0.1) is 0 Å². The third-order valence-corrected chi connectivity index (χ3v) is 2.76. The monoisotopic (exact) mass is 155 g/mol. The van der Waals surface area contributed by atoms with Crippen molar-refractivity contribution < 1.29 is 5.21 Å². The van der Waals surface area contributed by atoms with Gasteiger partial charge in [0.1, 0.15) is 0 Å². The predicted octanol–water partition coefficient (Wildman–Crippen LogP) is 2.66. The summed E-state index contributed by atoms with van der Waals surface area (Å²) in [5.41, 5.74) is 0.914. The Morgan fingerprint density at radius 2 is 1.82 bits per heavy atom. The minimum absolute atomic E-state index is 0.552. The van der Waals surface area contributed by atoms with Crippen LogP contribution in [-0.2, 0) is 0 Å². The molecule has 0 aromatic carbocycles. The molecule has 0 amide bonds. The maximum Gasteiger partial charge on any atom is 0.0570 e. The van der Waals surface area contributed by atoms with E-state index in [1.165, 1.54) is 25.7 Å². The average molecular weight is 155 g/mol. The van der Waals surface area contributed by atoms with Crippen LogP contribution in [0.25, 0.3) is 0 Å². The fourth-order valence-electron chi connectivity index (χ4n) is 1.76. The molecular weight excluding hydrogens is 138 g/mol. The summed E-state index contributed by atoms with van der Waals surface area (Å²) in [4.78, 5) is 0. The number of oxime groups is 1. The maximum absolute atomic E-state index is 8.54. The number of rotatable bonds is 1. The summed E-state index contributed by atoms with van der Waals surface area (Å²) >= 11 is 0. The number of nitrogens with zero attached hydrogens (tertiary/aromatic N) is 1. The van der Waals surface area contributed by atoms with Crippen molar-refractivity contribution >= 4 is 5.71 Å². The molecule has 0 spiro atoms. The highest BCUT2D eigenvalue weighted by Crippen LogP contribution is 2.28. The molecule has 0 aliphatic heterocycles. The van der Waals surface area contributed by atoms with Gasteiger partial charge in [0.25, 0.3) is 0 Å². The average Bonchev–Trinajstić information content (AvgIpc) is 2.05. The molecule has 0 radical (unpaired) electrons. The Labute approximate surface area is 68.3 Å². The number of hydrogen-bond acceptors (Lipinski definition) is 2. The second-order valence-electron chi connectivity index (χ2n) is 3.70. The summed E-state index contributed by atoms with van der Waals surface area (Å²) in [6, 6.07) is 0. The van der Waals surface area contributed by atoms with Gasteiger partial charge in [0.05, 0.1) is 5.71 Å². The SMILES string of the molecule is C/C(=N\O)C1CCC(C)CC1. The van der Waals surface area contributed by atoms with E-state index in [1.807, 2.05) is 6.92 Å². The lowest BCUT2D eigenvalue weighted by Crippen LogP contribution is -2.18. The van der Waals surface area contributed by atoms with Gasteiger partial charge in [-0.25, -0.2) is 0 Å². The normalized spacial score (nSPS) is 33.8. The zero-order chi connectivity index (χ0) is 8.27. The Morgan fingerprint density at radius 3 is 2.27 bits per heavy atom. The van der Waals surface area contributed by atoms with Crippen LogP contribution in [0.2, 0.25) is 0 Å². The van der Waals surface area contributed by atoms with E-state index in [0.29, 0.717) is 5.92 Å². The molecule has 0 aromatic rings. The molecule has 64 valence electrons. The van der Waals surface area contributed by atoms with E-state index in [-0.39, 0.29) is 0 Å². The van der Waals surface area contributed by atoms with Crippen LogP contribution in [0, 0.1) is 11.8 Å². The van der Waals surface area contributed by atoms with Crippen molar-refractivity contribution in [3.8, 4) is 0 Å². The minimum Gasteiger partial charge on any atom is -0.411 e. The first kappa shape index (κ1) is 8.57. The molecule has 0 unspecified atom stereocenters. The van der Waals surface area contributed by atoms with E-state index in [2.05, 4.69) is 12.1 Å². The first-order valence-corrected chi connectivity index (χ1v) is 4.42. The van der Waals surface area contributed by atoms with Crippen LogP contribution in [0.4, 0.5) is 0 Å². The lowest BCUT2D eigenvalue weighted by atomic mass is 9.81. The van der Waals surface area contributed by atoms with E-state index >= 15 is 0 Å². The highest BCUT2D eigenvalue weighted by molar-refractivity contribution is 5.83. The molecular formula is C9H17NO. The van der Waals surface area contributed by atoms with E-state index in [0.717, 1.165) is 11.6 Å². The molecule has 1 aliphatic carbocycles. The molecule has 0 aromatic heterocycles. The smallest absolute Gasteiger partial charge is 0.0570 e. The molecule has 2 heteroatoms. The Bertz CT molecular complexity index is 146. The van der Waals surface area contributed by atoms with E-state index in [4.69, 9.17) is 5.21 Å². The first-order valence-electron chi connectivity index (χ1n) is 4.42. The van der Waals surface area contributed by atoms with Gasteiger partial charge in [-0.3, -0.25) is 0 Å². The second kappa shape index (κ2) is 3.74. The van der Waals surface area contributed by atoms with Crippen LogP contribution in [-0.4, -0.2) is 10.9 Å². The van der Waals surface area contributed by atoms with Gasteiger partial charge in [0.2, 0.25) is 0 Å². The lowest BCUT2D eigenvalue weighted by Gasteiger charge is -2.25. The summed E-state index contributed by atoms with van der Waals surface area (Å²) in [6.45, 7) is 4.21. The Morgan fingerprint density at radius 1 is 1.27 bits per heavy atom. The lowest BCUT2D eigenvalue weighted by molar-refractivity contribution is 0.299. The Kier molecular flexibility index (Phi) is 2.92. The molecule has 11 heavy (non-hydrogen) atoms. The van der Waals surface area contributed by atoms with E-state index < -0.39 is 0 Å². The molecule has 0 atom stereocenters. The largest absolute Gasteiger partial charge is 0.411 e. The van der Waals surface area contributed by atoms with Crippen molar-refractivity contribution in [3.05, 3.63) is 0 Å². The topological polar surface area (TPSA) is 32.6 Å². The molecule has 0 saturated heterocycles. The molecule has 1 rings (SSSR count). The van der Waals surface area contributed by atoms with Gasteiger partial charge in [-0.1, -0.05) is 24.9 Å². The zero-order valence-corrected chi connectivity index (χ0v) is 7.38. The van der Waals surface area contributed by atoms with Crippen LogP contribution in [0.5, 0.6) is 0 Å². The highest BCUT2D eigenvalue weighted by atomic mass is 16.4. The summed E-state index contributed by atoms with van der Waals surface area (Å²) in [5, 5.41) is 11.8. The van der Waals surface area contributed by atoms with Gasteiger partial charge in [-0.05, 0) is 25.7 Å². The molecule has 1 saturated carbocycles. The van der Waals surface area contributed by atoms with Crippen LogP contribution in [0.3, 0.4) is 0 Å². The van der Waals surface area contributed by atoms with E-state index in [1.54, 1.807) is 0 Å². The molecule has 1 N–H and O–H groups in total. The van der Waals surface area contributed by atoms with Gasteiger partial charge < -0.3 is 5.21 Å². The fraction of sp³-hybridized carbons (Fsp3) is 0.889. The predicted molar refractivity (Wildman–Crippen MR) is 46.0 cm³/mol. The fourth-order valence-corrected chi connectivity index (χ4v) is 1.76. The molecule has 0 bridgehead atoms. The second-order valence-corrected chi connectivity index (χ2v) is 3.70. The van der Waals surface area contributed by atoms with Crippen LogP contribution in [0.1, 0.15) is 39.5 Å².